The number of fused-ring (bicyclic) bond motifs is 1. The molecule has 4 heterocycles. The molecule has 4 rings (SSSR count). The molecule has 0 aromatic heterocycles. The number of hydrogen-bond donors (Lipinski definition) is 6. The van der Waals surface area contributed by atoms with Gasteiger partial charge in [-0.15, -0.1) is 11.8 Å². The van der Waals surface area contributed by atoms with Crippen molar-refractivity contribution in [1.29, 1.82) is 0 Å². The highest BCUT2D eigenvalue weighted by Crippen LogP contribution is 2.51. The fraction of sp³-hybridized carbons (Fsp3) is 0.714. The first-order valence-corrected chi connectivity index (χ1v) is 12.5. The van der Waals surface area contributed by atoms with E-state index in [4.69, 9.17) is 0 Å². The standard InChI is InChI=1S/C21H32N6O6S/c1-10-16-15(11(2)28)19(29)27(16)17(20(30)31)18(10)34-13-7-12(23-9-13)8-14(25-33)24-21(32)26-5-3-22-4-6-26/h10-13,15-16,22-23,28,33H,3-9H2,1-2H3,(H,30,31)(H,24,25,32)/t10-,11-,12?,13+,15?,16?/m1/s1. The van der Waals surface area contributed by atoms with Gasteiger partial charge >= 0.3 is 12.0 Å². The van der Waals surface area contributed by atoms with Crippen molar-refractivity contribution >= 4 is 35.5 Å². The number of piperazine rings is 1. The molecule has 3 unspecified atom stereocenters. The molecule has 0 spiro atoms. The van der Waals surface area contributed by atoms with E-state index in [1.165, 1.54) is 16.7 Å². The minimum atomic E-state index is -1.14. The second kappa shape index (κ2) is 10.1. The Bertz CT molecular complexity index is 904. The van der Waals surface area contributed by atoms with Crippen LogP contribution in [0.25, 0.3) is 0 Å². The Labute approximate surface area is 201 Å². The SMILES string of the molecule is C[C@@H](O)C1C(=O)N2C(C(=O)O)=C(S[C@@H]3CNC(C/C(=N/O)NC(=O)N4CCNCC4)C3)[C@H](C)C12. The fourth-order valence-electron chi connectivity index (χ4n) is 5.31. The van der Waals surface area contributed by atoms with E-state index >= 15 is 0 Å². The highest BCUT2D eigenvalue weighted by atomic mass is 32.2. The average molecular weight is 497 g/mol. The van der Waals surface area contributed by atoms with E-state index in [0.29, 0.717) is 37.4 Å². The van der Waals surface area contributed by atoms with E-state index in [0.717, 1.165) is 13.1 Å². The molecule has 0 aromatic rings. The summed E-state index contributed by atoms with van der Waals surface area (Å²) in [5.74, 6) is -2.06. The van der Waals surface area contributed by atoms with Gasteiger partial charge in [-0.1, -0.05) is 12.1 Å². The molecular formula is C21H32N6O6S. The monoisotopic (exact) mass is 496 g/mol. The predicted octanol–water partition coefficient (Wildman–Crippen LogP) is -0.604. The molecule has 0 aromatic carbocycles. The number of amides is 3. The van der Waals surface area contributed by atoms with E-state index in [9.17, 15) is 29.8 Å². The average Bonchev–Trinajstić information content (AvgIpc) is 3.34. The van der Waals surface area contributed by atoms with Gasteiger partial charge in [-0.05, 0) is 13.3 Å². The highest BCUT2D eigenvalue weighted by molar-refractivity contribution is 8.03. The summed E-state index contributed by atoms with van der Waals surface area (Å²) in [5.41, 5.74) is 0.0220. The van der Waals surface area contributed by atoms with Crippen molar-refractivity contribution < 1.29 is 29.8 Å². The molecule has 4 aliphatic rings. The number of urea groups is 1. The molecule has 0 saturated carbocycles. The van der Waals surface area contributed by atoms with Gasteiger partial charge in [-0.2, -0.15) is 0 Å². The summed E-state index contributed by atoms with van der Waals surface area (Å²) in [6.07, 6.45) is 0.165. The quantitative estimate of drug-likeness (QED) is 0.0925. The molecule has 4 aliphatic heterocycles. The van der Waals surface area contributed by atoms with Crippen molar-refractivity contribution in [3.63, 3.8) is 0 Å². The van der Waals surface area contributed by atoms with Crippen molar-refractivity contribution in [3.8, 4) is 0 Å². The third kappa shape index (κ3) is 4.61. The molecule has 3 amide bonds. The lowest BCUT2D eigenvalue weighted by Crippen LogP contribution is -2.63. The maximum absolute atomic E-state index is 12.5. The molecule has 0 aliphatic carbocycles. The van der Waals surface area contributed by atoms with Gasteiger partial charge in [0.15, 0.2) is 5.84 Å². The number of rotatable bonds is 6. The van der Waals surface area contributed by atoms with Gasteiger partial charge in [-0.25, -0.2) is 9.59 Å². The second-order valence-electron chi connectivity index (χ2n) is 9.27. The minimum Gasteiger partial charge on any atom is -0.477 e. The summed E-state index contributed by atoms with van der Waals surface area (Å²) in [7, 11) is 0. The molecule has 6 atom stereocenters. The number of carboxylic acids is 1. The van der Waals surface area contributed by atoms with Crippen LogP contribution in [0, 0.1) is 11.8 Å². The number of oxime groups is 1. The molecule has 3 fully saturated rings. The number of aliphatic hydroxyl groups excluding tert-OH is 1. The van der Waals surface area contributed by atoms with Crippen molar-refractivity contribution in [2.24, 2.45) is 17.0 Å². The van der Waals surface area contributed by atoms with Crippen molar-refractivity contribution in [1.82, 2.24) is 25.8 Å². The number of β-lactam (4-membered cyclic amide) rings is 1. The lowest BCUT2D eigenvalue weighted by atomic mass is 9.79. The van der Waals surface area contributed by atoms with Crippen LogP contribution in [0.2, 0.25) is 0 Å². The molecule has 3 saturated heterocycles. The Morgan fingerprint density at radius 3 is 2.65 bits per heavy atom. The first-order chi connectivity index (χ1) is 16.2. The summed E-state index contributed by atoms with van der Waals surface area (Å²) in [4.78, 5) is 40.5. The Morgan fingerprint density at radius 1 is 1.32 bits per heavy atom. The normalized spacial score (nSPS) is 32.5. The van der Waals surface area contributed by atoms with E-state index in [-0.39, 0.29) is 46.7 Å². The number of amidine groups is 1. The third-order valence-corrected chi connectivity index (χ3v) is 8.51. The Hall–Kier alpha value is -2.35. The lowest BCUT2D eigenvalue weighted by molar-refractivity contribution is -0.163. The second-order valence-corrected chi connectivity index (χ2v) is 10.6. The van der Waals surface area contributed by atoms with Gasteiger partial charge in [0.05, 0.1) is 18.1 Å². The summed E-state index contributed by atoms with van der Waals surface area (Å²) < 4.78 is 0. The van der Waals surface area contributed by atoms with Gasteiger partial charge in [0, 0.05) is 61.3 Å². The molecular weight excluding hydrogens is 464 g/mol. The zero-order chi connectivity index (χ0) is 24.6. The van der Waals surface area contributed by atoms with E-state index in [2.05, 4.69) is 21.1 Å². The predicted molar refractivity (Wildman–Crippen MR) is 124 cm³/mol. The number of hydrogen-bond acceptors (Lipinski definition) is 9. The van der Waals surface area contributed by atoms with Crippen LogP contribution in [0.15, 0.2) is 15.8 Å². The number of thioether (sulfide) groups is 1. The summed E-state index contributed by atoms with van der Waals surface area (Å²) in [6.45, 7) is 6.68. The first kappa shape index (κ1) is 24.8. The summed E-state index contributed by atoms with van der Waals surface area (Å²) >= 11 is 1.45. The summed E-state index contributed by atoms with van der Waals surface area (Å²) in [5, 5.41) is 41.7. The maximum atomic E-state index is 12.5. The van der Waals surface area contributed by atoms with Gasteiger partial charge < -0.3 is 35.9 Å². The summed E-state index contributed by atoms with van der Waals surface area (Å²) in [6, 6.07) is -0.683. The highest BCUT2D eigenvalue weighted by Gasteiger charge is 2.60. The smallest absolute Gasteiger partial charge is 0.353 e. The minimum absolute atomic E-state index is 0.0220. The molecule has 34 heavy (non-hydrogen) atoms. The number of carbonyl (C=O) groups excluding carboxylic acids is 2. The first-order valence-electron chi connectivity index (χ1n) is 11.6. The Morgan fingerprint density at radius 2 is 2.03 bits per heavy atom. The zero-order valence-corrected chi connectivity index (χ0v) is 20.0. The van der Waals surface area contributed by atoms with Crippen LogP contribution in [0.5, 0.6) is 0 Å². The van der Waals surface area contributed by atoms with E-state index in [1.807, 2.05) is 6.92 Å². The molecule has 6 N–H and O–H groups in total. The van der Waals surface area contributed by atoms with Crippen molar-refractivity contribution in [3.05, 3.63) is 10.6 Å². The fourth-order valence-corrected chi connectivity index (χ4v) is 6.82. The Balaban J connectivity index is 1.36. The number of carbonyl (C=O) groups is 3. The number of carboxylic acid groups (broad SMARTS) is 1. The topological polar surface area (TPSA) is 167 Å². The van der Waals surface area contributed by atoms with Crippen LogP contribution in [0.4, 0.5) is 4.79 Å². The van der Waals surface area contributed by atoms with Crippen molar-refractivity contribution in [2.45, 2.75) is 50.1 Å². The zero-order valence-electron chi connectivity index (χ0n) is 19.2. The molecule has 188 valence electrons. The number of aliphatic hydroxyl groups is 1. The van der Waals surface area contributed by atoms with Crippen molar-refractivity contribution in [2.75, 3.05) is 32.7 Å². The molecule has 12 nitrogen and oxygen atoms in total. The Kier molecular flexibility index (Phi) is 7.36. The lowest BCUT2D eigenvalue weighted by Gasteiger charge is -2.46. The number of nitrogens with one attached hydrogen (secondary N) is 3. The maximum Gasteiger partial charge on any atom is 0.353 e. The van der Waals surface area contributed by atoms with Crippen LogP contribution >= 0.6 is 11.8 Å². The third-order valence-electron chi connectivity index (χ3n) is 7.00. The van der Waals surface area contributed by atoms with Crippen LogP contribution < -0.4 is 16.0 Å². The number of nitrogens with zero attached hydrogens (tertiary/aromatic N) is 3. The number of aliphatic carboxylic acids is 1. The molecule has 0 bridgehead atoms. The van der Waals surface area contributed by atoms with Gasteiger partial charge in [0.2, 0.25) is 5.91 Å². The van der Waals surface area contributed by atoms with Crippen LogP contribution in [0.1, 0.15) is 26.7 Å². The van der Waals surface area contributed by atoms with Crippen LogP contribution in [-0.2, 0) is 9.59 Å². The molecule has 13 heteroatoms. The van der Waals surface area contributed by atoms with Gasteiger partial charge in [0.1, 0.15) is 5.70 Å². The van der Waals surface area contributed by atoms with Gasteiger partial charge in [0.25, 0.3) is 0 Å². The van der Waals surface area contributed by atoms with Gasteiger partial charge in [-0.3, -0.25) is 10.1 Å². The van der Waals surface area contributed by atoms with Crippen LogP contribution in [-0.4, -0.2) is 105 Å². The van der Waals surface area contributed by atoms with E-state index in [1.54, 1.807) is 11.8 Å². The van der Waals surface area contributed by atoms with Crippen LogP contribution in [0.3, 0.4) is 0 Å². The largest absolute Gasteiger partial charge is 0.477 e. The van der Waals surface area contributed by atoms with E-state index < -0.39 is 18.0 Å². The molecule has 0 radical (unpaired) electrons.